The Balaban J connectivity index is -0.000000512. The molecule has 0 atom stereocenters. The second-order valence-electron chi connectivity index (χ2n) is 7.53. The Hall–Kier alpha value is -3.40. The van der Waals surface area contributed by atoms with Crippen molar-refractivity contribution in [2.75, 3.05) is 0 Å². The zero-order valence-corrected chi connectivity index (χ0v) is 26.0. The van der Waals surface area contributed by atoms with Crippen LogP contribution in [0.15, 0.2) is 85.0 Å². The smallest absolute Gasteiger partial charge is 0.331 e. The maximum Gasteiger partial charge on any atom is 0.331 e. The average molecular weight is 647 g/mol. The minimum absolute atomic E-state index is 0. The number of rotatable bonds is 10. The van der Waals surface area contributed by atoms with Crippen LogP contribution in [0.5, 0.6) is 0 Å². The molecule has 8 nitrogen and oxygen atoms in total. The van der Waals surface area contributed by atoms with E-state index in [2.05, 4.69) is 27.7 Å². The number of hydrogen-bond acceptors (Lipinski definition) is 6. The number of aliphatic carboxylic acids is 2. The van der Waals surface area contributed by atoms with Crippen LogP contribution in [0.2, 0.25) is 0 Å². The fourth-order valence-electron chi connectivity index (χ4n) is 1.83. The normalized spacial score (nSPS) is 9.33. The Morgan fingerprint density at radius 3 is 1.08 bits per heavy atom. The summed E-state index contributed by atoms with van der Waals surface area (Å²) in [7, 11) is 0. The summed E-state index contributed by atoms with van der Waals surface area (Å²) in [5, 5.41) is 16.5. The van der Waals surface area contributed by atoms with Gasteiger partial charge in [0.15, 0.2) is 0 Å². The molecule has 0 bridgehead atoms. The molecule has 2 N–H and O–H groups in total. The van der Waals surface area contributed by atoms with Crippen molar-refractivity contribution >= 4 is 47.8 Å². The van der Waals surface area contributed by atoms with E-state index in [1.54, 1.807) is 0 Å². The third kappa shape index (κ3) is 30.7. The number of ether oxygens (including phenoxy) is 2. The zero-order chi connectivity index (χ0) is 29.0. The number of carbonyl (C=O) groups excluding carboxylic acids is 2. The molecule has 0 unspecified atom stereocenters. The molecule has 2 aromatic rings. The van der Waals surface area contributed by atoms with E-state index in [-0.39, 0.29) is 37.1 Å². The molecule has 0 saturated heterocycles. The molecule has 0 aliphatic carbocycles. The number of benzene rings is 2. The van der Waals surface area contributed by atoms with Crippen molar-refractivity contribution in [1.29, 1.82) is 0 Å². The summed E-state index contributed by atoms with van der Waals surface area (Å²) < 4.78 is 9.58. The molecule has 0 saturated carbocycles. The van der Waals surface area contributed by atoms with E-state index in [9.17, 15) is 19.2 Å². The molecule has 212 valence electrons. The zero-order valence-electron chi connectivity index (χ0n) is 23.2. The van der Waals surface area contributed by atoms with Crippen molar-refractivity contribution in [3.63, 3.8) is 0 Å². The van der Waals surface area contributed by atoms with E-state index in [4.69, 9.17) is 19.7 Å². The maximum atomic E-state index is 10.9. The first-order valence-electron chi connectivity index (χ1n) is 12.4. The molecule has 4 radical (unpaired) electrons. The third-order valence-corrected chi connectivity index (χ3v) is 4.17. The quantitative estimate of drug-likeness (QED) is 0.184. The summed E-state index contributed by atoms with van der Waals surface area (Å²) in [5.74, 6) is -3.68. The molecule has 0 amide bonds. The average Bonchev–Trinajstić information content (AvgIpc) is 2.94. The van der Waals surface area contributed by atoms with Crippen LogP contribution in [0, 0.1) is 0 Å². The molecule has 0 aromatic heterocycles. The first kappa shape index (κ1) is 40.1. The van der Waals surface area contributed by atoms with Gasteiger partial charge in [-0.3, -0.25) is 0 Å². The molecule has 0 spiro atoms. The molecular formula is C30H40O8Sn. The van der Waals surface area contributed by atoms with Crippen LogP contribution in [0.3, 0.4) is 0 Å². The summed E-state index contributed by atoms with van der Waals surface area (Å²) in [6.07, 6.45) is 8.52. The number of carbonyl (C=O) groups is 4. The minimum atomic E-state index is -1.17. The molecule has 0 aliphatic rings. The monoisotopic (exact) mass is 648 g/mol. The van der Waals surface area contributed by atoms with Crippen LogP contribution in [-0.4, -0.2) is 58.0 Å². The Bertz CT molecular complexity index is 874. The van der Waals surface area contributed by atoms with Crippen LogP contribution in [0.4, 0.5) is 0 Å². The molecule has 0 heterocycles. The number of unbranched alkanes of at least 4 members (excludes halogenated alkanes) is 2. The van der Waals surface area contributed by atoms with Crippen molar-refractivity contribution in [3.8, 4) is 0 Å². The van der Waals surface area contributed by atoms with Crippen molar-refractivity contribution < 1.29 is 38.9 Å². The molecular weight excluding hydrogens is 607 g/mol. The summed E-state index contributed by atoms with van der Waals surface area (Å²) >= 11 is 0. The van der Waals surface area contributed by atoms with Gasteiger partial charge in [0.1, 0.15) is 13.2 Å². The van der Waals surface area contributed by atoms with Crippen molar-refractivity contribution in [2.24, 2.45) is 0 Å². The second kappa shape index (κ2) is 29.2. The second-order valence-corrected chi connectivity index (χ2v) is 7.53. The molecule has 0 aliphatic heterocycles. The molecule has 0 fully saturated rings. The molecule has 2 rings (SSSR count). The van der Waals surface area contributed by atoms with Gasteiger partial charge >= 0.3 is 23.9 Å². The topological polar surface area (TPSA) is 127 Å². The first-order chi connectivity index (χ1) is 18.2. The number of carboxylic acids is 2. The van der Waals surface area contributed by atoms with Gasteiger partial charge in [-0.25, -0.2) is 19.2 Å². The van der Waals surface area contributed by atoms with E-state index < -0.39 is 23.9 Å². The van der Waals surface area contributed by atoms with Gasteiger partial charge in [-0.15, -0.1) is 0 Å². The molecule has 2 aromatic carbocycles. The largest absolute Gasteiger partial charge is 0.478 e. The van der Waals surface area contributed by atoms with Gasteiger partial charge in [0.25, 0.3) is 0 Å². The predicted octanol–water partition coefficient (Wildman–Crippen LogP) is 5.97. The summed E-state index contributed by atoms with van der Waals surface area (Å²) in [6.45, 7) is 9.01. The van der Waals surface area contributed by atoms with Gasteiger partial charge in [-0.05, 0) is 11.1 Å². The maximum absolute atomic E-state index is 10.9. The van der Waals surface area contributed by atoms with E-state index >= 15 is 0 Å². The summed E-state index contributed by atoms with van der Waals surface area (Å²) in [5.41, 5.74) is 1.71. The Kier molecular flexibility index (Phi) is 30.0. The van der Waals surface area contributed by atoms with Crippen LogP contribution in [-0.2, 0) is 41.9 Å². The summed E-state index contributed by atoms with van der Waals surface area (Å²) in [4.78, 5) is 42.1. The van der Waals surface area contributed by atoms with Gasteiger partial charge in [-0.2, -0.15) is 0 Å². The van der Waals surface area contributed by atoms with Crippen LogP contribution in [0.25, 0.3) is 0 Å². The predicted molar refractivity (Wildman–Crippen MR) is 153 cm³/mol. The van der Waals surface area contributed by atoms with Gasteiger partial charge < -0.3 is 19.7 Å². The Morgan fingerprint density at radius 2 is 0.846 bits per heavy atom. The first-order valence-corrected chi connectivity index (χ1v) is 12.4. The molecule has 39 heavy (non-hydrogen) atoms. The van der Waals surface area contributed by atoms with Crippen molar-refractivity contribution in [1.82, 2.24) is 0 Å². The minimum Gasteiger partial charge on any atom is -0.478 e. The van der Waals surface area contributed by atoms with Crippen molar-refractivity contribution in [3.05, 3.63) is 96.1 Å². The summed E-state index contributed by atoms with van der Waals surface area (Å²) in [6, 6.07) is 18.3. The number of hydrogen-bond donors (Lipinski definition) is 2. The SMILES string of the molecule is CCCC.CCCC.O=C(O)/C=C\C(=O)OCc1ccccc1.O=C(O)/C=C\C(=O)OCc1ccccc1.[Sn]. The van der Waals surface area contributed by atoms with E-state index in [0.29, 0.717) is 0 Å². The third-order valence-electron chi connectivity index (χ3n) is 4.17. The fourth-order valence-corrected chi connectivity index (χ4v) is 1.83. The Morgan fingerprint density at radius 1 is 0.564 bits per heavy atom. The standard InChI is InChI=1S/2C11H10O4.2C4H10.Sn/c2*12-10(13)6-7-11(14)15-8-9-4-2-1-3-5-9;2*1-3-4-2;/h2*1-7H,8H2,(H,12,13);2*3-4H2,1-2H3;/b2*7-6-;;;. The van der Waals surface area contributed by atoms with Crippen LogP contribution in [0.1, 0.15) is 64.5 Å². The van der Waals surface area contributed by atoms with Gasteiger partial charge in [-0.1, -0.05) is 114 Å². The van der Waals surface area contributed by atoms with Crippen molar-refractivity contribution in [2.45, 2.75) is 66.6 Å². The Labute approximate surface area is 248 Å². The van der Waals surface area contributed by atoms with E-state index in [1.807, 2.05) is 60.7 Å². The van der Waals surface area contributed by atoms with E-state index in [1.165, 1.54) is 25.7 Å². The van der Waals surface area contributed by atoms with Gasteiger partial charge in [0.2, 0.25) is 0 Å². The van der Waals surface area contributed by atoms with Crippen LogP contribution < -0.4 is 0 Å². The van der Waals surface area contributed by atoms with Crippen LogP contribution >= 0.6 is 0 Å². The van der Waals surface area contributed by atoms with E-state index in [0.717, 1.165) is 35.4 Å². The van der Waals surface area contributed by atoms with Gasteiger partial charge in [0, 0.05) is 48.2 Å². The number of esters is 2. The number of carboxylic acid groups (broad SMARTS) is 2. The molecule has 9 heteroatoms. The van der Waals surface area contributed by atoms with Gasteiger partial charge in [0.05, 0.1) is 0 Å². The fraction of sp³-hybridized carbons (Fsp3) is 0.333.